The van der Waals surface area contributed by atoms with E-state index < -0.39 is 40.6 Å². The lowest BCUT2D eigenvalue weighted by Crippen LogP contribution is -2.08. The normalized spacial score (nSPS) is 13.0. The minimum Gasteiger partial charge on any atom is -0.472 e. The van der Waals surface area contributed by atoms with Crippen LogP contribution in [0.5, 0.6) is 5.88 Å². The SMILES string of the molecule is COC(=O)c1cc(C2=C(c3cc(Br)cnc3OCc3ccc(F)cc3F)CCC2)cc(-c2ccc(F)cc2F)c1F. The van der Waals surface area contributed by atoms with Crippen molar-refractivity contribution in [1.29, 1.82) is 0 Å². The molecule has 10 heteroatoms. The number of nitrogens with zero attached hydrogens (tertiary/aromatic N) is 1. The van der Waals surface area contributed by atoms with Gasteiger partial charge in [0.25, 0.3) is 0 Å². The number of methoxy groups -OCH3 is 1. The molecule has 0 aliphatic heterocycles. The zero-order valence-corrected chi connectivity index (χ0v) is 23.1. The Morgan fingerprint density at radius 1 is 0.854 bits per heavy atom. The van der Waals surface area contributed by atoms with Gasteiger partial charge in [-0.05, 0) is 94.4 Å². The molecule has 3 aromatic carbocycles. The Morgan fingerprint density at radius 3 is 2.27 bits per heavy atom. The van der Waals surface area contributed by atoms with E-state index in [9.17, 15) is 22.4 Å². The summed E-state index contributed by atoms with van der Waals surface area (Å²) in [5.41, 5.74) is 1.81. The molecule has 0 unspecified atom stereocenters. The number of hydrogen-bond donors (Lipinski definition) is 0. The highest BCUT2D eigenvalue weighted by atomic mass is 79.9. The van der Waals surface area contributed by atoms with Gasteiger partial charge in [-0.25, -0.2) is 31.7 Å². The molecule has 1 heterocycles. The largest absolute Gasteiger partial charge is 0.472 e. The predicted octanol–water partition coefficient (Wildman–Crippen LogP) is 8.67. The highest BCUT2D eigenvalue weighted by Gasteiger charge is 2.26. The Bertz CT molecular complexity index is 1710. The maximum absolute atomic E-state index is 15.5. The number of halogens is 6. The van der Waals surface area contributed by atoms with Crippen LogP contribution in [0.2, 0.25) is 0 Å². The lowest BCUT2D eigenvalue weighted by atomic mass is 9.92. The van der Waals surface area contributed by atoms with Gasteiger partial charge in [0.15, 0.2) is 0 Å². The molecular weight excluding hydrogens is 609 g/mol. The molecule has 0 spiro atoms. The van der Waals surface area contributed by atoms with Crippen molar-refractivity contribution in [2.75, 3.05) is 7.11 Å². The van der Waals surface area contributed by atoms with Crippen molar-refractivity contribution >= 4 is 33.0 Å². The first-order valence-corrected chi connectivity index (χ1v) is 13.3. The number of pyridine rings is 1. The zero-order chi connectivity index (χ0) is 29.3. The monoisotopic (exact) mass is 629 g/mol. The molecule has 0 bridgehead atoms. The molecule has 0 N–H and O–H groups in total. The van der Waals surface area contributed by atoms with Crippen molar-refractivity contribution in [3.8, 4) is 17.0 Å². The summed E-state index contributed by atoms with van der Waals surface area (Å²) in [7, 11) is 1.10. The van der Waals surface area contributed by atoms with Crippen LogP contribution in [-0.2, 0) is 11.3 Å². The summed E-state index contributed by atoms with van der Waals surface area (Å²) in [6.45, 7) is -0.215. The van der Waals surface area contributed by atoms with E-state index in [1.54, 1.807) is 6.07 Å². The molecule has 0 radical (unpaired) electrons. The molecule has 1 aromatic heterocycles. The van der Waals surface area contributed by atoms with Gasteiger partial charge in [-0.2, -0.15) is 0 Å². The molecule has 0 saturated carbocycles. The number of carbonyl (C=O) groups excluding carboxylic acids is 1. The third kappa shape index (κ3) is 5.88. The average molecular weight is 630 g/mol. The van der Waals surface area contributed by atoms with E-state index in [1.807, 2.05) is 0 Å². The van der Waals surface area contributed by atoms with Crippen molar-refractivity contribution in [1.82, 2.24) is 4.98 Å². The lowest BCUT2D eigenvalue weighted by Gasteiger charge is -2.16. The smallest absolute Gasteiger partial charge is 0.340 e. The van der Waals surface area contributed by atoms with Crippen LogP contribution in [-0.4, -0.2) is 18.1 Å². The lowest BCUT2D eigenvalue weighted by molar-refractivity contribution is 0.0595. The molecule has 4 aromatic rings. The summed E-state index contributed by atoms with van der Waals surface area (Å²) in [6, 6.07) is 10.5. The molecule has 1 aliphatic carbocycles. The van der Waals surface area contributed by atoms with Crippen molar-refractivity contribution < 1.29 is 36.2 Å². The van der Waals surface area contributed by atoms with Gasteiger partial charge in [0.05, 0.1) is 12.7 Å². The fraction of sp³-hybridized carbons (Fsp3) is 0.161. The minimum atomic E-state index is -0.999. The summed E-state index contributed by atoms with van der Waals surface area (Å²) in [4.78, 5) is 16.9. The van der Waals surface area contributed by atoms with Crippen LogP contribution in [0, 0.1) is 29.1 Å². The second-order valence-electron chi connectivity index (χ2n) is 9.34. The summed E-state index contributed by atoms with van der Waals surface area (Å²) < 4.78 is 82.7. The average Bonchev–Trinajstić information content (AvgIpc) is 3.43. The number of allylic oxidation sites excluding steroid dienone is 2. The van der Waals surface area contributed by atoms with Gasteiger partial charge < -0.3 is 9.47 Å². The van der Waals surface area contributed by atoms with E-state index in [4.69, 9.17) is 9.47 Å². The van der Waals surface area contributed by atoms with Crippen molar-refractivity contribution in [2.45, 2.75) is 25.9 Å². The number of rotatable bonds is 7. The van der Waals surface area contributed by atoms with Gasteiger partial charge in [-0.15, -0.1) is 0 Å². The summed E-state index contributed by atoms with van der Waals surface area (Å²) >= 11 is 3.42. The Kier molecular flexibility index (Phi) is 8.21. The topological polar surface area (TPSA) is 48.4 Å². The third-order valence-electron chi connectivity index (χ3n) is 6.79. The van der Waals surface area contributed by atoms with Crippen LogP contribution >= 0.6 is 15.9 Å². The van der Waals surface area contributed by atoms with Gasteiger partial charge in [0.2, 0.25) is 5.88 Å². The molecule has 41 heavy (non-hydrogen) atoms. The number of carbonyl (C=O) groups is 1. The van der Waals surface area contributed by atoms with Crippen LogP contribution < -0.4 is 4.74 Å². The fourth-order valence-electron chi connectivity index (χ4n) is 4.86. The summed E-state index contributed by atoms with van der Waals surface area (Å²) in [6.07, 6.45) is 3.32. The zero-order valence-electron chi connectivity index (χ0n) is 21.5. The molecule has 0 fully saturated rings. The number of esters is 1. The second-order valence-corrected chi connectivity index (χ2v) is 10.3. The van der Waals surface area contributed by atoms with E-state index in [-0.39, 0.29) is 29.2 Å². The van der Waals surface area contributed by atoms with E-state index in [2.05, 4.69) is 20.9 Å². The Labute approximate surface area is 240 Å². The Hall–Kier alpha value is -4.05. The van der Waals surface area contributed by atoms with Crippen molar-refractivity contribution in [2.24, 2.45) is 0 Å². The van der Waals surface area contributed by atoms with Crippen molar-refractivity contribution in [3.63, 3.8) is 0 Å². The van der Waals surface area contributed by atoms with Gasteiger partial charge in [0, 0.05) is 45.1 Å². The maximum atomic E-state index is 15.5. The fourth-order valence-corrected chi connectivity index (χ4v) is 5.19. The third-order valence-corrected chi connectivity index (χ3v) is 7.22. The molecule has 210 valence electrons. The van der Waals surface area contributed by atoms with Gasteiger partial charge in [-0.1, -0.05) is 0 Å². The summed E-state index contributed by atoms with van der Waals surface area (Å²) in [5, 5.41) is 0. The predicted molar refractivity (Wildman–Crippen MR) is 146 cm³/mol. The quantitative estimate of drug-likeness (QED) is 0.152. The van der Waals surface area contributed by atoms with E-state index >= 15 is 4.39 Å². The highest BCUT2D eigenvalue weighted by molar-refractivity contribution is 9.10. The molecule has 0 saturated heterocycles. The van der Waals surface area contributed by atoms with Crippen LogP contribution in [0.4, 0.5) is 22.0 Å². The van der Waals surface area contributed by atoms with Crippen molar-refractivity contribution in [3.05, 3.63) is 117 Å². The first-order chi connectivity index (χ1) is 19.7. The number of hydrogen-bond acceptors (Lipinski definition) is 4. The van der Waals surface area contributed by atoms with E-state index in [1.165, 1.54) is 24.4 Å². The van der Waals surface area contributed by atoms with E-state index in [0.717, 1.165) is 42.5 Å². The number of benzene rings is 3. The Morgan fingerprint density at radius 2 is 1.56 bits per heavy atom. The van der Waals surface area contributed by atoms with Crippen LogP contribution in [0.15, 0.2) is 65.3 Å². The molecule has 0 amide bonds. The van der Waals surface area contributed by atoms with Crippen LogP contribution in [0.25, 0.3) is 22.3 Å². The summed E-state index contributed by atoms with van der Waals surface area (Å²) in [5.74, 6) is -5.05. The van der Waals surface area contributed by atoms with Crippen LogP contribution in [0.1, 0.15) is 46.3 Å². The second kappa shape index (κ2) is 11.8. The van der Waals surface area contributed by atoms with Crippen LogP contribution in [0.3, 0.4) is 0 Å². The van der Waals surface area contributed by atoms with E-state index in [0.29, 0.717) is 40.9 Å². The minimum absolute atomic E-state index is 0.134. The van der Waals surface area contributed by atoms with Gasteiger partial charge in [0.1, 0.15) is 35.7 Å². The first kappa shape index (κ1) is 28.5. The molecular formula is C31H21BrF5NO3. The maximum Gasteiger partial charge on any atom is 0.340 e. The number of ether oxygens (including phenoxy) is 2. The standard InChI is InChI=1S/C31H21BrF5NO3/c1-40-31(39)26-10-17(9-24(29(26)37)23-8-7-20(34)13-28(23)36)21-3-2-4-22(21)25-11-18(32)14-38-30(25)41-15-16-5-6-19(33)12-27(16)35/h5-14H,2-4,15H2,1H3. The van der Waals surface area contributed by atoms with Gasteiger partial charge >= 0.3 is 5.97 Å². The Balaban J connectivity index is 1.63. The molecule has 0 atom stereocenters. The van der Waals surface area contributed by atoms with Gasteiger partial charge in [-0.3, -0.25) is 0 Å². The molecule has 4 nitrogen and oxygen atoms in total. The molecule has 1 aliphatic rings. The number of aromatic nitrogens is 1. The first-order valence-electron chi connectivity index (χ1n) is 12.5. The molecule has 5 rings (SSSR count). The highest BCUT2D eigenvalue weighted by Crippen LogP contribution is 2.44.